The molecule has 2 rings (SSSR count). The Balaban J connectivity index is 2.52. The van der Waals surface area contributed by atoms with Crippen molar-refractivity contribution in [2.45, 2.75) is 19.9 Å². The molecule has 1 aromatic carbocycles. The summed E-state index contributed by atoms with van der Waals surface area (Å²) in [5.41, 5.74) is 1.45. The lowest BCUT2D eigenvalue weighted by Gasteiger charge is -2.17. The summed E-state index contributed by atoms with van der Waals surface area (Å²) >= 11 is 5.82. The maximum absolute atomic E-state index is 14.1. The molecule has 0 bridgehead atoms. The van der Waals surface area contributed by atoms with Crippen molar-refractivity contribution >= 4 is 11.6 Å². The molecule has 1 unspecified atom stereocenters. The van der Waals surface area contributed by atoms with Gasteiger partial charge < -0.3 is 9.73 Å². The molecule has 18 heavy (non-hydrogen) atoms. The number of halogens is 2. The zero-order valence-corrected chi connectivity index (χ0v) is 11.3. The average Bonchev–Trinajstić information content (AvgIpc) is 2.65. The maximum atomic E-state index is 14.1. The predicted molar refractivity (Wildman–Crippen MR) is 70.5 cm³/mol. The maximum Gasteiger partial charge on any atom is 0.146 e. The Morgan fingerprint density at radius 2 is 2.00 bits per heavy atom. The van der Waals surface area contributed by atoms with E-state index in [4.69, 9.17) is 16.0 Å². The van der Waals surface area contributed by atoms with Crippen LogP contribution in [0.4, 0.5) is 4.39 Å². The van der Waals surface area contributed by atoms with Gasteiger partial charge >= 0.3 is 0 Å². The highest BCUT2D eigenvalue weighted by atomic mass is 35.5. The second-order valence-corrected chi connectivity index (χ2v) is 4.64. The van der Waals surface area contributed by atoms with Crippen LogP contribution in [-0.2, 0) is 0 Å². The lowest BCUT2D eigenvalue weighted by molar-refractivity contribution is 0.495. The van der Waals surface area contributed by atoms with Gasteiger partial charge in [-0.25, -0.2) is 4.39 Å². The third-order valence-corrected chi connectivity index (χ3v) is 3.26. The van der Waals surface area contributed by atoms with Crippen LogP contribution in [-0.4, -0.2) is 7.05 Å². The molecule has 1 aromatic heterocycles. The largest absolute Gasteiger partial charge is 0.466 e. The minimum Gasteiger partial charge on any atom is -0.466 e. The van der Waals surface area contributed by atoms with E-state index >= 15 is 0 Å². The van der Waals surface area contributed by atoms with Gasteiger partial charge in [-0.05, 0) is 33.0 Å². The quantitative estimate of drug-likeness (QED) is 0.909. The zero-order valence-electron chi connectivity index (χ0n) is 10.6. The summed E-state index contributed by atoms with van der Waals surface area (Å²) in [6, 6.07) is 6.66. The number of hydrogen-bond acceptors (Lipinski definition) is 2. The lowest BCUT2D eigenvalue weighted by Crippen LogP contribution is -2.19. The molecule has 0 fully saturated rings. The van der Waals surface area contributed by atoms with Crippen molar-refractivity contribution in [3.63, 3.8) is 0 Å². The van der Waals surface area contributed by atoms with Crippen molar-refractivity contribution in [3.05, 3.63) is 57.8 Å². The first kappa shape index (κ1) is 13.1. The van der Waals surface area contributed by atoms with Crippen LogP contribution >= 0.6 is 11.6 Å². The minimum absolute atomic E-state index is 0.130. The van der Waals surface area contributed by atoms with Crippen LogP contribution in [0.3, 0.4) is 0 Å². The van der Waals surface area contributed by atoms with E-state index in [9.17, 15) is 4.39 Å². The van der Waals surface area contributed by atoms with Crippen LogP contribution in [0.25, 0.3) is 0 Å². The molecule has 0 spiro atoms. The zero-order chi connectivity index (χ0) is 13.3. The molecule has 0 aliphatic heterocycles. The minimum atomic E-state index is -0.392. The number of hydrogen-bond donors (Lipinski definition) is 1. The molecular formula is C14H15ClFNO. The number of furan rings is 1. The fraction of sp³-hybridized carbons (Fsp3) is 0.286. The standard InChI is InChI=1S/C14H15ClFNO/c1-8-7-11(9(2)18-8)14(17-3)10-5-4-6-12(15)13(10)16/h4-7,14,17H,1-3H3. The van der Waals surface area contributed by atoms with Crippen LogP contribution in [0.1, 0.15) is 28.7 Å². The molecule has 0 saturated heterocycles. The summed E-state index contributed by atoms with van der Waals surface area (Å²) < 4.78 is 19.6. The SMILES string of the molecule is CNC(c1cc(C)oc1C)c1cccc(Cl)c1F. The third-order valence-electron chi connectivity index (χ3n) is 2.97. The highest BCUT2D eigenvalue weighted by Crippen LogP contribution is 2.31. The van der Waals surface area contributed by atoms with Gasteiger partial charge in [0.25, 0.3) is 0 Å². The summed E-state index contributed by atoms with van der Waals surface area (Å²) in [6.45, 7) is 3.74. The molecule has 2 nitrogen and oxygen atoms in total. The molecule has 96 valence electrons. The van der Waals surface area contributed by atoms with E-state index in [1.165, 1.54) is 0 Å². The fourth-order valence-electron chi connectivity index (χ4n) is 2.16. The second-order valence-electron chi connectivity index (χ2n) is 4.23. The van der Waals surface area contributed by atoms with E-state index < -0.39 is 5.82 Å². The Morgan fingerprint density at radius 1 is 1.28 bits per heavy atom. The molecule has 2 aromatic rings. The highest BCUT2D eigenvalue weighted by molar-refractivity contribution is 6.30. The Labute approximate surface area is 111 Å². The normalized spacial score (nSPS) is 12.7. The van der Waals surface area contributed by atoms with Gasteiger partial charge in [-0.1, -0.05) is 23.7 Å². The van der Waals surface area contributed by atoms with Crippen molar-refractivity contribution in [2.24, 2.45) is 0 Å². The lowest BCUT2D eigenvalue weighted by atomic mass is 9.98. The Hall–Kier alpha value is -1.32. The second kappa shape index (κ2) is 5.12. The first-order valence-electron chi connectivity index (χ1n) is 5.72. The van der Waals surface area contributed by atoms with Crippen LogP contribution in [0, 0.1) is 19.7 Å². The van der Waals surface area contributed by atoms with E-state index in [1.54, 1.807) is 25.2 Å². The average molecular weight is 268 g/mol. The number of benzene rings is 1. The van der Waals surface area contributed by atoms with E-state index in [2.05, 4.69) is 5.32 Å². The number of nitrogens with one attached hydrogen (secondary N) is 1. The predicted octanol–water partition coefficient (Wildman–Crippen LogP) is 4.00. The van der Waals surface area contributed by atoms with Crippen molar-refractivity contribution in [1.82, 2.24) is 5.32 Å². The van der Waals surface area contributed by atoms with E-state index in [0.717, 1.165) is 17.1 Å². The van der Waals surface area contributed by atoms with Crippen molar-refractivity contribution < 1.29 is 8.81 Å². The molecule has 1 N–H and O–H groups in total. The van der Waals surface area contributed by atoms with Crippen LogP contribution in [0.5, 0.6) is 0 Å². The van der Waals surface area contributed by atoms with Crippen LogP contribution < -0.4 is 5.32 Å². The van der Waals surface area contributed by atoms with Gasteiger partial charge in [-0.15, -0.1) is 0 Å². The van der Waals surface area contributed by atoms with Gasteiger partial charge in [0.1, 0.15) is 17.3 Å². The van der Waals surface area contributed by atoms with Gasteiger partial charge in [0.2, 0.25) is 0 Å². The van der Waals surface area contributed by atoms with Gasteiger partial charge in [-0.2, -0.15) is 0 Å². The summed E-state index contributed by atoms with van der Waals surface area (Å²) in [5.74, 6) is 1.20. The first-order valence-corrected chi connectivity index (χ1v) is 6.10. The Bertz CT molecular complexity index is 565. The van der Waals surface area contributed by atoms with Gasteiger partial charge in [0.15, 0.2) is 0 Å². The third kappa shape index (κ3) is 2.28. The Morgan fingerprint density at radius 3 is 2.56 bits per heavy atom. The summed E-state index contributed by atoms with van der Waals surface area (Å²) in [7, 11) is 1.78. The van der Waals surface area contributed by atoms with Crippen molar-refractivity contribution in [3.8, 4) is 0 Å². The first-order chi connectivity index (χ1) is 8.54. The van der Waals surface area contributed by atoms with Gasteiger partial charge in [-0.3, -0.25) is 0 Å². The summed E-state index contributed by atoms with van der Waals surface area (Å²) in [5, 5.41) is 3.23. The molecule has 4 heteroatoms. The molecule has 0 aliphatic rings. The monoisotopic (exact) mass is 267 g/mol. The fourth-order valence-corrected chi connectivity index (χ4v) is 2.34. The molecule has 1 atom stereocenters. The van der Waals surface area contributed by atoms with E-state index in [0.29, 0.717) is 5.56 Å². The number of rotatable bonds is 3. The van der Waals surface area contributed by atoms with Crippen molar-refractivity contribution in [2.75, 3.05) is 7.05 Å². The molecular weight excluding hydrogens is 253 g/mol. The number of aryl methyl sites for hydroxylation is 2. The highest BCUT2D eigenvalue weighted by Gasteiger charge is 2.21. The molecule has 0 aliphatic carbocycles. The van der Waals surface area contributed by atoms with E-state index in [1.807, 2.05) is 19.9 Å². The molecule has 0 amide bonds. The molecule has 0 saturated carbocycles. The van der Waals surface area contributed by atoms with E-state index in [-0.39, 0.29) is 11.1 Å². The van der Waals surface area contributed by atoms with Gasteiger partial charge in [0, 0.05) is 11.1 Å². The summed E-state index contributed by atoms with van der Waals surface area (Å²) in [4.78, 5) is 0. The smallest absolute Gasteiger partial charge is 0.146 e. The van der Waals surface area contributed by atoms with Crippen LogP contribution in [0.15, 0.2) is 28.7 Å². The Kier molecular flexibility index (Phi) is 3.73. The summed E-state index contributed by atoms with van der Waals surface area (Å²) in [6.07, 6.45) is 0. The van der Waals surface area contributed by atoms with Crippen LogP contribution in [0.2, 0.25) is 5.02 Å². The topological polar surface area (TPSA) is 25.2 Å². The molecule has 0 radical (unpaired) electrons. The van der Waals surface area contributed by atoms with Gasteiger partial charge in [0.05, 0.1) is 11.1 Å². The molecule has 1 heterocycles. The van der Waals surface area contributed by atoms with Crippen molar-refractivity contribution in [1.29, 1.82) is 0 Å².